The van der Waals surface area contributed by atoms with Crippen molar-refractivity contribution < 1.29 is 4.52 Å². The minimum Gasteiger partial charge on any atom is -0.339 e. The minimum absolute atomic E-state index is 0.0465. The molecule has 0 aliphatic heterocycles. The molecule has 142 valence electrons. The van der Waals surface area contributed by atoms with Gasteiger partial charge in [-0.25, -0.2) is 4.98 Å². The van der Waals surface area contributed by atoms with Crippen molar-refractivity contribution in [2.24, 2.45) is 5.73 Å². The van der Waals surface area contributed by atoms with E-state index in [9.17, 15) is 4.79 Å². The summed E-state index contributed by atoms with van der Waals surface area (Å²) in [4.78, 5) is 24.2. The van der Waals surface area contributed by atoms with E-state index in [1.165, 1.54) is 16.9 Å². The number of hydrogen-bond acceptors (Lipinski definition) is 7. The number of aromatic nitrogens is 4. The first kappa shape index (κ1) is 17.1. The Morgan fingerprint density at radius 3 is 2.89 bits per heavy atom. The Balaban J connectivity index is 1.38. The van der Waals surface area contributed by atoms with Gasteiger partial charge in [0.05, 0.1) is 17.3 Å². The highest BCUT2D eigenvalue weighted by Gasteiger charge is 2.35. The highest BCUT2D eigenvalue weighted by molar-refractivity contribution is 7.18. The molecule has 0 spiro atoms. The second kappa shape index (κ2) is 6.53. The van der Waals surface area contributed by atoms with E-state index in [1.807, 2.05) is 0 Å². The van der Waals surface area contributed by atoms with Crippen molar-refractivity contribution in [3.63, 3.8) is 0 Å². The molecular weight excluding hydrogens is 362 g/mol. The van der Waals surface area contributed by atoms with Gasteiger partial charge >= 0.3 is 0 Å². The van der Waals surface area contributed by atoms with Crippen molar-refractivity contribution in [3.8, 4) is 0 Å². The third-order valence-electron chi connectivity index (χ3n) is 5.92. The van der Waals surface area contributed by atoms with Crippen molar-refractivity contribution in [2.75, 3.05) is 0 Å². The lowest BCUT2D eigenvalue weighted by atomic mass is 9.97. The van der Waals surface area contributed by atoms with Gasteiger partial charge in [-0.15, -0.1) is 11.3 Å². The molecule has 1 saturated carbocycles. The van der Waals surface area contributed by atoms with Crippen molar-refractivity contribution in [3.05, 3.63) is 38.8 Å². The van der Waals surface area contributed by atoms with Crippen LogP contribution in [0.15, 0.2) is 15.6 Å². The molecule has 3 aromatic heterocycles. The number of hydrogen-bond donors (Lipinski definition) is 1. The number of fused-ring (bicyclic) bond motifs is 3. The zero-order chi connectivity index (χ0) is 18.4. The molecule has 8 heteroatoms. The van der Waals surface area contributed by atoms with Gasteiger partial charge in [0.15, 0.2) is 5.82 Å². The molecule has 0 amide bonds. The van der Waals surface area contributed by atoms with Crippen LogP contribution in [0.4, 0.5) is 0 Å². The fourth-order valence-electron chi connectivity index (χ4n) is 4.34. The number of nitrogens with two attached hydrogens (primary N) is 1. The summed E-state index contributed by atoms with van der Waals surface area (Å²) in [6, 6.07) is 0. The average molecular weight is 385 g/mol. The van der Waals surface area contributed by atoms with E-state index >= 15 is 0 Å². The quantitative estimate of drug-likeness (QED) is 0.741. The standard InChI is InChI=1S/C19H23N5O2S/c20-19(8-3-4-9-19)18-22-14(26-23-18)7-10-24-11-21-16-15(17(24)25)12-5-1-2-6-13(12)27-16/h11H,1-10,20H2. The fraction of sp³-hybridized carbons (Fsp3) is 0.579. The van der Waals surface area contributed by atoms with Gasteiger partial charge < -0.3 is 10.3 Å². The normalized spacial score (nSPS) is 18.9. The summed E-state index contributed by atoms with van der Waals surface area (Å²) in [6.45, 7) is 0.478. The van der Waals surface area contributed by atoms with Gasteiger partial charge in [0.1, 0.15) is 4.83 Å². The Kier molecular flexibility index (Phi) is 4.12. The van der Waals surface area contributed by atoms with Crippen LogP contribution in [0.25, 0.3) is 10.2 Å². The zero-order valence-corrected chi connectivity index (χ0v) is 16.1. The number of aryl methyl sites for hydroxylation is 4. The van der Waals surface area contributed by atoms with E-state index in [0.717, 1.165) is 55.2 Å². The second-order valence-corrected chi connectivity index (χ2v) is 8.84. The molecule has 0 atom stereocenters. The summed E-state index contributed by atoms with van der Waals surface area (Å²) in [7, 11) is 0. The van der Waals surface area contributed by atoms with Crippen molar-refractivity contribution in [1.82, 2.24) is 19.7 Å². The summed E-state index contributed by atoms with van der Waals surface area (Å²) < 4.78 is 7.06. The predicted molar refractivity (Wildman–Crippen MR) is 103 cm³/mol. The van der Waals surface area contributed by atoms with Crippen LogP contribution in [0.1, 0.15) is 60.7 Å². The third kappa shape index (κ3) is 2.91. The molecule has 0 radical (unpaired) electrons. The fourth-order valence-corrected chi connectivity index (χ4v) is 5.56. The molecule has 5 rings (SSSR count). The number of thiophene rings is 1. The highest BCUT2D eigenvalue weighted by Crippen LogP contribution is 2.35. The van der Waals surface area contributed by atoms with Crippen molar-refractivity contribution >= 4 is 21.6 Å². The van der Waals surface area contributed by atoms with Crippen LogP contribution >= 0.6 is 11.3 Å². The number of rotatable bonds is 4. The van der Waals surface area contributed by atoms with Crippen LogP contribution in [0.3, 0.4) is 0 Å². The summed E-state index contributed by atoms with van der Waals surface area (Å²) in [6.07, 6.45) is 10.6. The summed E-state index contributed by atoms with van der Waals surface area (Å²) in [5.41, 5.74) is 7.21. The van der Waals surface area contributed by atoms with Gasteiger partial charge in [-0.1, -0.05) is 18.0 Å². The summed E-state index contributed by atoms with van der Waals surface area (Å²) in [5, 5.41) is 4.91. The molecule has 3 heterocycles. The SMILES string of the molecule is NC1(c2noc(CCn3cnc4sc5c(c4c3=O)CCCC5)n2)CCCC1. The first-order valence-corrected chi connectivity index (χ1v) is 10.6. The van der Waals surface area contributed by atoms with E-state index < -0.39 is 5.54 Å². The molecule has 7 nitrogen and oxygen atoms in total. The third-order valence-corrected chi connectivity index (χ3v) is 7.12. The molecular formula is C19H23N5O2S. The zero-order valence-electron chi connectivity index (χ0n) is 15.2. The van der Waals surface area contributed by atoms with Crippen molar-refractivity contribution in [2.45, 2.75) is 69.9 Å². The Labute approximate surface area is 160 Å². The maximum absolute atomic E-state index is 13.0. The lowest BCUT2D eigenvalue weighted by Crippen LogP contribution is -2.34. The van der Waals surface area contributed by atoms with Crippen LogP contribution in [0.2, 0.25) is 0 Å². The highest BCUT2D eigenvalue weighted by atomic mass is 32.1. The monoisotopic (exact) mass is 385 g/mol. The molecule has 3 aromatic rings. The van der Waals surface area contributed by atoms with Gasteiger partial charge in [0, 0.05) is 17.8 Å². The first-order valence-electron chi connectivity index (χ1n) is 9.76. The van der Waals surface area contributed by atoms with E-state index in [4.69, 9.17) is 10.3 Å². The van der Waals surface area contributed by atoms with Crippen LogP contribution in [0.5, 0.6) is 0 Å². The molecule has 27 heavy (non-hydrogen) atoms. The van der Waals surface area contributed by atoms with Gasteiger partial charge in [0.2, 0.25) is 5.89 Å². The van der Waals surface area contributed by atoms with Crippen LogP contribution in [0, 0.1) is 0 Å². The maximum atomic E-state index is 13.0. The lowest BCUT2D eigenvalue weighted by molar-refractivity contribution is 0.344. The second-order valence-electron chi connectivity index (χ2n) is 7.76. The molecule has 0 unspecified atom stereocenters. The molecule has 0 aromatic carbocycles. The van der Waals surface area contributed by atoms with Gasteiger partial charge in [-0.2, -0.15) is 4.98 Å². The van der Waals surface area contributed by atoms with Crippen molar-refractivity contribution in [1.29, 1.82) is 0 Å². The smallest absolute Gasteiger partial charge is 0.262 e. The van der Waals surface area contributed by atoms with Gasteiger partial charge in [0.25, 0.3) is 5.56 Å². The van der Waals surface area contributed by atoms with Crippen LogP contribution in [-0.4, -0.2) is 19.7 Å². The predicted octanol–water partition coefficient (Wildman–Crippen LogP) is 2.69. The average Bonchev–Trinajstić information content (AvgIpc) is 3.39. The Hall–Kier alpha value is -2.06. The number of nitrogens with zero attached hydrogens (tertiary/aromatic N) is 4. The Bertz CT molecular complexity index is 1040. The summed E-state index contributed by atoms with van der Waals surface area (Å²) in [5.74, 6) is 1.13. The maximum Gasteiger partial charge on any atom is 0.262 e. The molecule has 0 bridgehead atoms. The molecule has 2 aliphatic carbocycles. The van der Waals surface area contributed by atoms with E-state index in [1.54, 1.807) is 22.2 Å². The lowest BCUT2D eigenvalue weighted by Gasteiger charge is -2.17. The van der Waals surface area contributed by atoms with E-state index in [-0.39, 0.29) is 5.56 Å². The summed E-state index contributed by atoms with van der Waals surface area (Å²) >= 11 is 1.67. The Morgan fingerprint density at radius 2 is 2.04 bits per heavy atom. The van der Waals surface area contributed by atoms with E-state index in [0.29, 0.717) is 24.7 Å². The largest absolute Gasteiger partial charge is 0.339 e. The van der Waals surface area contributed by atoms with Gasteiger partial charge in [-0.3, -0.25) is 9.36 Å². The first-order chi connectivity index (χ1) is 13.1. The van der Waals surface area contributed by atoms with Crippen LogP contribution in [-0.2, 0) is 31.3 Å². The molecule has 2 aliphatic rings. The van der Waals surface area contributed by atoms with E-state index in [2.05, 4.69) is 15.1 Å². The van der Waals surface area contributed by atoms with Crippen LogP contribution < -0.4 is 11.3 Å². The minimum atomic E-state index is -0.450. The topological polar surface area (TPSA) is 99.8 Å². The van der Waals surface area contributed by atoms with Gasteiger partial charge in [-0.05, 0) is 44.1 Å². The molecule has 1 fully saturated rings. The molecule has 0 saturated heterocycles. The Morgan fingerprint density at radius 1 is 1.22 bits per heavy atom. The molecule has 2 N–H and O–H groups in total.